The molecule has 1 heterocycles. The summed E-state index contributed by atoms with van der Waals surface area (Å²) in [5, 5.41) is 4.16. The maximum atomic E-state index is 13.2. The van der Waals surface area contributed by atoms with Crippen molar-refractivity contribution in [2.45, 2.75) is 13.8 Å². The Morgan fingerprint density at radius 3 is 2.54 bits per heavy atom. The van der Waals surface area contributed by atoms with Crippen LogP contribution < -0.4 is 5.43 Å². The van der Waals surface area contributed by atoms with Gasteiger partial charge in [0.05, 0.1) is 6.21 Å². The summed E-state index contributed by atoms with van der Waals surface area (Å²) in [6.07, 6.45) is 1.56. The zero-order chi connectivity index (χ0) is 16.9. The van der Waals surface area contributed by atoms with E-state index in [4.69, 9.17) is 0 Å². The second-order valence-electron chi connectivity index (χ2n) is 5.40. The molecule has 1 N–H and O–H groups in total. The molecule has 3 rings (SSSR count). The average molecular weight is 320 g/mol. The summed E-state index contributed by atoms with van der Waals surface area (Å²) < 4.78 is 13.2. The minimum Gasteiger partial charge on any atom is -0.261 e. The Kier molecular flexibility index (Phi) is 4.61. The van der Waals surface area contributed by atoms with Gasteiger partial charge in [0.1, 0.15) is 5.82 Å². The normalized spacial score (nSPS) is 11.0. The topological polar surface area (TPSA) is 50.2 Å². The van der Waals surface area contributed by atoms with E-state index >= 15 is 0 Å². The van der Waals surface area contributed by atoms with Crippen molar-refractivity contribution in [3.8, 4) is 11.4 Å². The van der Waals surface area contributed by atoms with Crippen LogP contribution in [0.3, 0.4) is 0 Å². The van der Waals surface area contributed by atoms with Gasteiger partial charge in [-0.15, -0.1) is 0 Å². The number of hydrazone groups is 1. The van der Waals surface area contributed by atoms with E-state index < -0.39 is 0 Å². The van der Waals surface area contributed by atoms with Gasteiger partial charge >= 0.3 is 0 Å². The number of anilines is 1. The molecule has 0 aliphatic carbocycles. The predicted molar refractivity (Wildman–Crippen MR) is 94.6 cm³/mol. The maximum Gasteiger partial charge on any atom is 0.161 e. The highest BCUT2D eigenvalue weighted by Crippen LogP contribution is 2.21. The molecule has 0 saturated heterocycles. The number of nitrogens with one attached hydrogen (secondary N) is 1. The first-order chi connectivity index (χ1) is 11.6. The summed E-state index contributed by atoms with van der Waals surface area (Å²) in [6.45, 7) is 3.87. The van der Waals surface area contributed by atoms with Crippen LogP contribution in [0.5, 0.6) is 0 Å². The summed E-state index contributed by atoms with van der Waals surface area (Å²) in [7, 11) is 0. The van der Waals surface area contributed by atoms with Crippen molar-refractivity contribution in [2.24, 2.45) is 5.10 Å². The number of nitrogens with zero attached hydrogens (tertiary/aromatic N) is 3. The number of hydrogen-bond donors (Lipinski definition) is 1. The molecule has 120 valence electrons. The number of rotatable bonds is 4. The van der Waals surface area contributed by atoms with Crippen molar-refractivity contribution >= 4 is 12.0 Å². The van der Waals surface area contributed by atoms with Gasteiger partial charge in [0.15, 0.2) is 11.6 Å². The fraction of sp³-hybridized carbons (Fsp3) is 0.105. The van der Waals surface area contributed by atoms with Crippen molar-refractivity contribution in [1.82, 2.24) is 9.97 Å². The quantitative estimate of drug-likeness (QED) is 0.574. The lowest BCUT2D eigenvalue weighted by molar-refractivity contribution is 0.627. The third-order valence-electron chi connectivity index (χ3n) is 3.65. The number of aromatic nitrogens is 2. The van der Waals surface area contributed by atoms with E-state index in [-0.39, 0.29) is 5.82 Å². The smallest absolute Gasteiger partial charge is 0.161 e. The molecular weight excluding hydrogens is 303 g/mol. The first-order valence-corrected chi connectivity index (χ1v) is 7.59. The standard InChI is InChI=1S/C19H17FN4/c1-13-14(2)22-19(16-8-4-3-5-9-16)23-18(13)24-21-12-15-7-6-10-17(20)11-15/h3-12H,1-2H3,(H,22,23,24)/b21-12+. The molecule has 0 aliphatic heterocycles. The SMILES string of the molecule is Cc1nc(-c2ccccc2)nc(N/N=C/c2cccc(F)c2)c1C. The Balaban J connectivity index is 1.86. The van der Waals surface area contributed by atoms with Gasteiger partial charge in [0.2, 0.25) is 0 Å². The average Bonchev–Trinajstić information content (AvgIpc) is 2.59. The molecule has 0 radical (unpaired) electrons. The zero-order valence-corrected chi connectivity index (χ0v) is 13.5. The minimum atomic E-state index is -0.292. The van der Waals surface area contributed by atoms with E-state index in [1.807, 2.05) is 44.2 Å². The number of halogens is 1. The van der Waals surface area contributed by atoms with Crippen LogP contribution in [-0.4, -0.2) is 16.2 Å². The Bertz CT molecular complexity index is 876. The molecule has 1 aromatic heterocycles. The Morgan fingerprint density at radius 1 is 1.00 bits per heavy atom. The van der Waals surface area contributed by atoms with E-state index in [1.165, 1.54) is 12.1 Å². The molecule has 24 heavy (non-hydrogen) atoms. The molecule has 2 aromatic carbocycles. The lowest BCUT2D eigenvalue weighted by atomic mass is 10.2. The van der Waals surface area contributed by atoms with E-state index in [9.17, 15) is 4.39 Å². The van der Waals surface area contributed by atoms with Crippen molar-refractivity contribution in [3.05, 3.63) is 77.2 Å². The number of benzene rings is 2. The Morgan fingerprint density at radius 2 is 1.79 bits per heavy atom. The third-order valence-corrected chi connectivity index (χ3v) is 3.65. The highest BCUT2D eigenvalue weighted by molar-refractivity contribution is 5.80. The van der Waals surface area contributed by atoms with Crippen molar-refractivity contribution < 1.29 is 4.39 Å². The summed E-state index contributed by atoms with van der Waals surface area (Å²) in [6, 6.07) is 16.0. The van der Waals surface area contributed by atoms with Crippen LogP contribution >= 0.6 is 0 Å². The van der Waals surface area contributed by atoms with Crippen molar-refractivity contribution in [3.63, 3.8) is 0 Å². The molecule has 0 aliphatic rings. The van der Waals surface area contributed by atoms with E-state index in [0.717, 1.165) is 16.8 Å². The van der Waals surface area contributed by atoms with Crippen molar-refractivity contribution in [1.29, 1.82) is 0 Å². The van der Waals surface area contributed by atoms with Crippen molar-refractivity contribution in [2.75, 3.05) is 5.43 Å². The molecule has 0 amide bonds. The fourth-order valence-corrected chi connectivity index (χ4v) is 2.21. The second-order valence-corrected chi connectivity index (χ2v) is 5.40. The fourth-order valence-electron chi connectivity index (χ4n) is 2.21. The summed E-state index contributed by atoms with van der Waals surface area (Å²) in [5.41, 5.74) is 6.35. The third kappa shape index (κ3) is 3.63. The largest absolute Gasteiger partial charge is 0.261 e. The van der Waals surface area contributed by atoms with Gasteiger partial charge in [-0.2, -0.15) is 5.10 Å². The molecule has 4 nitrogen and oxygen atoms in total. The first kappa shape index (κ1) is 15.8. The van der Waals surface area contributed by atoms with E-state index in [0.29, 0.717) is 17.2 Å². The first-order valence-electron chi connectivity index (χ1n) is 7.59. The highest BCUT2D eigenvalue weighted by atomic mass is 19.1. The Labute approximate surface area is 140 Å². The molecule has 0 spiro atoms. The van der Waals surface area contributed by atoms with Crippen LogP contribution in [-0.2, 0) is 0 Å². The summed E-state index contributed by atoms with van der Waals surface area (Å²) >= 11 is 0. The molecule has 0 bridgehead atoms. The van der Waals surface area contributed by atoms with Gasteiger partial charge in [0.25, 0.3) is 0 Å². The summed E-state index contributed by atoms with van der Waals surface area (Å²) in [5.74, 6) is 0.982. The molecule has 0 unspecified atom stereocenters. The summed E-state index contributed by atoms with van der Waals surface area (Å²) in [4.78, 5) is 9.07. The van der Waals surface area contributed by atoms with Gasteiger partial charge in [-0.05, 0) is 31.5 Å². The van der Waals surface area contributed by atoms with Crippen LogP contribution in [0.4, 0.5) is 10.2 Å². The van der Waals surface area contributed by atoms with E-state index in [2.05, 4.69) is 20.5 Å². The molecule has 5 heteroatoms. The number of aryl methyl sites for hydroxylation is 1. The monoisotopic (exact) mass is 320 g/mol. The zero-order valence-electron chi connectivity index (χ0n) is 13.5. The lowest BCUT2D eigenvalue weighted by Crippen LogP contribution is -2.03. The van der Waals surface area contributed by atoms with Gasteiger partial charge in [-0.1, -0.05) is 42.5 Å². The van der Waals surface area contributed by atoms with Crippen LogP contribution in [0.2, 0.25) is 0 Å². The molecule has 0 fully saturated rings. The van der Waals surface area contributed by atoms with Crippen LogP contribution in [0.25, 0.3) is 11.4 Å². The predicted octanol–water partition coefficient (Wildman–Crippen LogP) is 4.35. The van der Waals surface area contributed by atoms with Crippen LogP contribution in [0, 0.1) is 19.7 Å². The Hall–Kier alpha value is -3.08. The van der Waals surface area contributed by atoms with Crippen LogP contribution in [0.1, 0.15) is 16.8 Å². The molecule has 0 saturated carbocycles. The molecular formula is C19H17FN4. The highest BCUT2D eigenvalue weighted by Gasteiger charge is 2.08. The molecule has 3 aromatic rings. The molecule has 0 atom stereocenters. The van der Waals surface area contributed by atoms with Gasteiger partial charge in [0, 0.05) is 16.8 Å². The lowest BCUT2D eigenvalue weighted by Gasteiger charge is -2.09. The van der Waals surface area contributed by atoms with Gasteiger partial charge in [-0.25, -0.2) is 14.4 Å². The van der Waals surface area contributed by atoms with Gasteiger partial charge < -0.3 is 0 Å². The maximum absolute atomic E-state index is 13.2. The van der Waals surface area contributed by atoms with E-state index in [1.54, 1.807) is 18.3 Å². The minimum absolute atomic E-state index is 0.292. The number of hydrogen-bond acceptors (Lipinski definition) is 4. The van der Waals surface area contributed by atoms with Crippen LogP contribution in [0.15, 0.2) is 59.7 Å². The van der Waals surface area contributed by atoms with Gasteiger partial charge in [-0.3, -0.25) is 5.43 Å². The second kappa shape index (κ2) is 7.00.